The molecule has 0 fully saturated rings. The van der Waals surface area contributed by atoms with Crippen LogP contribution in [0, 0.1) is 11.3 Å². The minimum absolute atomic E-state index is 0.132. The van der Waals surface area contributed by atoms with Crippen LogP contribution in [0.1, 0.15) is 16.7 Å². The molecule has 6 heteroatoms. The summed E-state index contributed by atoms with van der Waals surface area (Å²) in [5.41, 5.74) is -1.40. The molecule has 3 nitrogen and oxygen atoms in total. The summed E-state index contributed by atoms with van der Waals surface area (Å²) in [6.45, 7) is 0. The van der Waals surface area contributed by atoms with Crippen LogP contribution in [0.3, 0.4) is 0 Å². The van der Waals surface area contributed by atoms with Crippen molar-refractivity contribution in [1.29, 1.82) is 5.26 Å². The first-order chi connectivity index (χ1) is 10.4. The number of rotatable bonds is 3. The van der Waals surface area contributed by atoms with Crippen LogP contribution in [0.25, 0.3) is 0 Å². The van der Waals surface area contributed by atoms with Gasteiger partial charge in [-0.15, -0.1) is 0 Å². The molecule has 2 aromatic carbocycles. The molecule has 0 spiro atoms. The molecule has 0 aromatic heterocycles. The van der Waals surface area contributed by atoms with Crippen molar-refractivity contribution in [3.8, 4) is 11.8 Å². The third-order valence-electron chi connectivity index (χ3n) is 2.83. The maximum absolute atomic E-state index is 12.8. The summed E-state index contributed by atoms with van der Waals surface area (Å²) in [6, 6.07) is 12.9. The average molecular weight is 305 g/mol. The van der Waals surface area contributed by atoms with Gasteiger partial charge in [0.1, 0.15) is 5.75 Å². The summed E-state index contributed by atoms with van der Waals surface area (Å²) >= 11 is 0. The van der Waals surface area contributed by atoms with E-state index in [0.717, 1.165) is 12.1 Å². The predicted molar refractivity (Wildman–Crippen MR) is 71.9 cm³/mol. The fourth-order valence-electron chi connectivity index (χ4n) is 1.86. The van der Waals surface area contributed by atoms with Crippen LogP contribution in [0.4, 0.5) is 13.2 Å². The Morgan fingerprint density at radius 2 is 1.82 bits per heavy atom. The zero-order chi connectivity index (χ0) is 16.2. The summed E-state index contributed by atoms with van der Waals surface area (Å²) in [5, 5.41) is 8.71. The first-order valence-electron chi connectivity index (χ1n) is 6.26. The smallest absolute Gasteiger partial charge is 0.417 e. The number of alkyl halides is 3. The van der Waals surface area contributed by atoms with Gasteiger partial charge < -0.3 is 4.74 Å². The number of nitriles is 1. The fourth-order valence-corrected chi connectivity index (χ4v) is 1.86. The molecule has 0 aliphatic heterocycles. The Hall–Kier alpha value is -2.81. The molecule has 2 aromatic rings. The van der Waals surface area contributed by atoms with Crippen molar-refractivity contribution < 1.29 is 22.7 Å². The van der Waals surface area contributed by atoms with E-state index in [1.807, 2.05) is 0 Å². The van der Waals surface area contributed by atoms with E-state index >= 15 is 0 Å². The Morgan fingerprint density at radius 1 is 1.14 bits per heavy atom. The highest BCUT2D eigenvalue weighted by Gasteiger charge is 2.33. The predicted octanol–water partition coefficient (Wildman–Crippen LogP) is 3.73. The van der Waals surface area contributed by atoms with Crippen molar-refractivity contribution in [3.63, 3.8) is 0 Å². The van der Waals surface area contributed by atoms with Gasteiger partial charge in [0.15, 0.2) is 0 Å². The Labute approximate surface area is 124 Å². The number of esters is 1. The Balaban J connectivity index is 2.17. The van der Waals surface area contributed by atoms with Crippen molar-refractivity contribution in [3.05, 3.63) is 65.2 Å². The molecule has 0 saturated heterocycles. The van der Waals surface area contributed by atoms with E-state index in [9.17, 15) is 18.0 Å². The van der Waals surface area contributed by atoms with Crippen molar-refractivity contribution >= 4 is 5.97 Å². The number of hydrogen-bond donors (Lipinski definition) is 0. The van der Waals surface area contributed by atoms with Gasteiger partial charge in [-0.1, -0.05) is 24.3 Å². The minimum Gasteiger partial charge on any atom is -0.426 e. The van der Waals surface area contributed by atoms with Crippen LogP contribution in [0.2, 0.25) is 0 Å². The zero-order valence-electron chi connectivity index (χ0n) is 11.2. The normalized spacial score (nSPS) is 10.8. The Bertz CT molecular complexity index is 718. The Kier molecular flexibility index (Phi) is 4.47. The third kappa shape index (κ3) is 3.85. The van der Waals surface area contributed by atoms with E-state index < -0.39 is 23.3 Å². The van der Waals surface area contributed by atoms with Gasteiger partial charge >= 0.3 is 12.1 Å². The average Bonchev–Trinajstić information content (AvgIpc) is 2.47. The lowest BCUT2D eigenvalue weighted by Gasteiger charge is -2.10. The molecular weight excluding hydrogens is 295 g/mol. The lowest BCUT2D eigenvalue weighted by Crippen LogP contribution is -2.13. The summed E-state index contributed by atoms with van der Waals surface area (Å²) in [4.78, 5) is 11.7. The summed E-state index contributed by atoms with van der Waals surface area (Å²) in [6.07, 6.45) is -4.96. The molecule has 0 saturated carbocycles. The number of hydrogen-bond acceptors (Lipinski definition) is 3. The first kappa shape index (κ1) is 15.6. The summed E-state index contributed by atoms with van der Waals surface area (Å²) in [7, 11) is 0. The molecule has 0 radical (unpaired) electrons. The number of carbonyl (C=O) groups is 1. The molecule has 0 amide bonds. The number of halogens is 3. The van der Waals surface area contributed by atoms with E-state index in [0.29, 0.717) is 5.75 Å². The molecule has 0 atom stereocenters. The first-order valence-corrected chi connectivity index (χ1v) is 6.26. The zero-order valence-corrected chi connectivity index (χ0v) is 11.2. The van der Waals surface area contributed by atoms with Crippen LogP contribution in [-0.4, -0.2) is 5.97 Å². The summed E-state index contributed by atoms with van der Waals surface area (Å²) in [5.74, 6) is -0.360. The fraction of sp³-hybridized carbons (Fsp3) is 0.125. The van der Waals surface area contributed by atoms with Gasteiger partial charge in [0.2, 0.25) is 0 Å². The largest absolute Gasteiger partial charge is 0.426 e. The van der Waals surface area contributed by atoms with E-state index in [1.165, 1.54) is 12.1 Å². The molecule has 22 heavy (non-hydrogen) atoms. The second-order valence-corrected chi connectivity index (χ2v) is 4.45. The number of ether oxygens (including phenoxy) is 1. The van der Waals surface area contributed by atoms with Gasteiger partial charge in [-0.2, -0.15) is 18.4 Å². The number of nitrogens with zero attached hydrogens (tertiary/aromatic N) is 1. The molecule has 2 rings (SSSR count). The maximum Gasteiger partial charge on any atom is 0.417 e. The molecule has 0 N–H and O–H groups in total. The van der Waals surface area contributed by atoms with E-state index in [4.69, 9.17) is 10.00 Å². The van der Waals surface area contributed by atoms with E-state index in [-0.39, 0.29) is 12.0 Å². The Morgan fingerprint density at radius 3 is 2.41 bits per heavy atom. The van der Waals surface area contributed by atoms with Crippen molar-refractivity contribution in [1.82, 2.24) is 0 Å². The second kappa shape index (κ2) is 6.31. The number of benzene rings is 2. The van der Waals surface area contributed by atoms with Gasteiger partial charge in [-0.05, 0) is 29.8 Å². The standard InChI is InChI=1S/C16H10F3NO2/c17-16(18,19)14-8-11(6-7-12(14)10-20)9-15(21)22-13-4-2-1-3-5-13/h1-8H,9H2. The minimum atomic E-state index is -4.65. The highest BCUT2D eigenvalue weighted by molar-refractivity contribution is 5.75. The quantitative estimate of drug-likeness (QED) is 0.641. The van der Waals surface area contributed by atoms with Crippen molar-refractivity contribution in [2.24, 2.45) is 0 Å². The lowest BCUT2D eigenvalue weighted by molar-refractivity contribution is -0.138. The molecule has 0 unspecified atom stereocenters. The molecule has 0 aliphatic carbocycles. The number of carbonyl (C=O) groups excluding carboxylic acids is 1. The second-order valence-electron chi connectivity index (χ2n) is 4.45. The van der Waals surface area contributed by atoms with E-state index in [1.54, 1.807) is 30.3 Å². The monoisotopic (exact) mass is 305 g/mol. The lowest BCUT2D eigenvalue weighted by atomic mass is 10.0. The number of para-hydroxylation sites is 1. The van der Waals surface area contributed by atoms with Crippen LogP contribution in [-0.2, 0) is 17.4 Å². The van der Waals surface area contributed by atoms with Crippen LogP contribution < -0.4 is 4.74 Å². The topological polar surface area (TPSA) is 50.1 Å². The highest BCUT2D eigenvalue weighted by Crippen LogP contribution is 2.32. The van der Waals surface area contributed by atoms with Gasteiger partial charge in [-0.3, -0.25) is 4.79 Å². The van der Waals surface area contributed by atoms with Crippen LogP contribution in [0.5, 0.6) is 5.75 Å². The molecular formula is C16H10F3NO2. The van der Waals surface area contributed by atoms with Gasteiger partial charge in [0.05, 0.1) is 23.6 Å². The van der Waals surface area contributed by atoms with Crippen LogP contribution >= 0.6 is 0 Å². The van der Waals surface area contributed by atoms with Gasteiger partial charge in [0.25, 0.3) is 0 Å². The maximum atomic E-state index is 12.8. The van der Waals surface area contributed by atoms with Crippen molar-refractivity contribution in [2.45, 2.75) is 12.6 Å². The van der Waals surface area contributed by atoms with Crippen molar-refractivity contribution in [2.75, 3.05) is 0 Å². The van der Waals surface area contributed by atoms with Crippen LogP contribution in [0.15, 0.2) is 48.5 Å². The molecule has 0 heterocycles. The molecule has 0 bridgehead atoms. The third-order valence-corrected chi connectivity index (χ3v) is 2.83. The van der Waals surface area contributed by atoms with Gasteiger partial charge in [0, 0.05) is 0 Å². The molecule has 112 valence electrons. The molecule has 0 aliphatic rings. The highest BCUT2D eigenvalue weighted by atomic mass is 19.4. The summed E-state index contributed by atoms with van der Waals surface area (Å²) < 4.78 is 43.5. The van der Waals surface area contributed by atoms with Gasteiger partial charge in [-0.25, -0.2) is 0 Å². The van der Waals surface area contributed by atoms with E-state index in [2.05, 4.69) is 0 Å². The SMILES string of the molecule is N#Cc1ccc(CC(=O)Oc2ccccc2)cc1C(F)(F)F.